The first-order chi connectivity index (χ1) is 8.78. The van der Waals surface area contributed by atoms with E-state index >= 15 is 0 Å². The van der Waals surface area contributed by atoms with E-state index in [0.29, 0.717) is 5.76 Å². The van der Waals surface area contributed by atoms with Gasteiger partial charge in [0.25, 0.3) is 0 Å². The van der Waals surface area contributed by atoms with Crippen LogP contribution in [0.1, 0.15) is 19.6 Å². The molecule has 1 N–H and O–H groups in total. The number of furan rings is 1. The second kappa shape index (κ2) is 6.60. The molecule has 0 aliphatic carbocycles. The van der Waals surface area contributed by atoms with E-state index in [0.717, 1.165) is 4.90 Å². The normalized spacial score (nSPS) is 11.9. The van der Waals surface area contributed by atoms with Crippen molar-refractivity contribution in [1.29, 1.82) is 0 Å². The molecule has 4 nitrogen and oxygen atoms in total. The Morgan fingerprint density at radius 1 is 1.47 bits per heavy atom. The van der Waals surface area contributed by atoms with Gasteiger partial charge in [0.2, 0.25) is 5.91 Å². The Kier molecular flexibility index (Phi) is 5.41. The zero-order valence-electron chi connectivity index (χ0n) is 10.8. The van der Waals surface area contributed by atoms with Gasteiger partial charge in [0.05, 0.1) is 19.4 Å². The van der Waals surface area contributed by atoms with Gasteiger partial charge in [-0.05, 0) is 12.1 Å². The van der Waals surface area contributed by atoms with Crippen LogP contribution in [0.15, 0.2) is 22.8 Å². The zero-order valence-corrected chi connectivity index (χ0v) is 10.8. The Balaban J connectivity index is 2.65. The molecule has 0 fully saturated rings. The van der Waals surface area contributed by atoms with E-state index < -0.39 is 18.6 Å². The van der Waals surface area contributed by atoms with Crippen molar-refractivity contribution in [2.24, 2.45) is 0 Å². The quantitative estimate of drug-likeness (QED) is 0.867. The number of alkyl halides is 3. The van der Waals surface area contributed by atoms with Gasteiger partial charge in [0.1, 0.15) is 12.3 Å². The van der Waals surface area contributed by atoms with Crippen molar-refractivity contribution < 1.29 is 22.4 Å². The van der Waals surface area contributed by atoms with Crippen LogP contribution in [0.4, 0.5) is 13.2 Å². The van der Waals surface area contributed by atoms with Gasteiger partial charge >= 0.3 is 6.18 Å². The number of hydrogen-bond acceptors (Lipinski definition) is 3. The Bertz CT molecular complexity index is 388. The molecule has 0 aliphatic heterocycles. The lowest BCUT2D eigenvalue weighted by atomic mass is 10.3. The molecule has 0 aromatic carbocycles. The SMILES string of the molecule is CC(C)NCC(=O)N(Cc1ccco1)CC(F)(F)F. The smallest absolute Gasteiger partial charge is 0.406 e. The fraction of sp³-hybridized carbons (Fsp3) is 0.583. The summed E-state index contributed by atoms with van der Waals surface area (Å²) in [5, 5.41) is 2.80. The molecule has 0 saturated carbocycles. The predicted molar refractivity (Wildman–Crippen MR) is 63.3 cm³/mol. The van der Waals surface area contributed by atoms with Crippen molar-refractivity contribution in [2.75, 3.05) is 13.1 Å². The average molecular weight is 278 g/mol. The van der Waals surface area contributed by atoms with Gasteiger partial charge in [-0.15, -0.1) is 0 Å². The highest BCUT2D eigenvalue weighted by atomic mass is 19.4. The van der Waals surface area contributed by atoms with Gasteiger partial charge in [-0.1, -0.05) is 13.8 Å². The monoisotopic (exact) mass is 278 g/mol. The van der Waals surface area contributed by atoms with Crippen molar-refractivity contribution in [2.45, 2.75) is 32.6 Å². The molecule has 0 radical (unpaired) electrons. The fourth-order valence-corrected chi connectivity index (χ4v) is 1.44. The lowest BCUT2D eigenvalue weighted by Crippen LogP contribution is -2.44. The van der Waals surface area contributed by atoms with Crippen molar-refractivity contribution in [3.05, 3.63) is 24.2 Å². The van der Waals surface area contributed by atoms with Crippen LogP contribution in [-0.2, 0) is 11.3 Å². The van der Waals surface area contributed by atoms with E-state index in [1.54, 1.807) is 6.07 Å². The highest BCUT2D eigenvalue weighted by molar-refractivity contribution is 5.78. The average Bonchev–Trinajstić information content (AvgIpc) is 2.75. The molecule has 0 saturated heterocycles. The Hall–Kier alpha value is -1.50. The molecule has 0 atom stereocenters. The molecule has 1 aromatic rings. The van der Waals surface area contributed by atoms with Gasteiger partial charge in [-0.2, -0.15) is 13.2 Å². The minimum absolute atomic E-state index is 0.0281. The van der Waals surface area contributed by atoms with E-state index in [1.807, 2.05) is 13.8 Å². The van der Waals surface area contributed by atoms with E-state index in [-0.39, 0.29) is 19.1 Å². The zero-order chi connectivity index (χ0) is 14.5. The van der Waals surface area contributed by atoms with Crippen LogP contribution in [0.2, 0.25) is 0 Å². The third-order valence-corrected chi connectivity index (χ3v) is 2.31. The number of nitrogens with zero attached hydrogens (tertiary/aromatic N) is 1. The Morgan fingerprint density at radius 3 is 2.63 bits per heavy atom. The first-order valence-electron chi connectivity index (χ1n) is 5.88. The van der Waals surface area contributed by atoms with Crippen LogP contribution in [0.25, 0.3) is 0 Å². The van der Waals surface area contributed by atoms with Crippen molar-refractivity contribution >= 4 is 5.91 Å². The third-order valence-electron chi connectivity index (χ3n) is 2.31. The van der Waals surface area contributed by atoms with Gasteiger partial charge < -0.3 is 14.6 Å². The molecule has 0 bridgehead atoms. The molecule has 19 heavy (non-hydrogen) atoms. The number of carbonyl (C=O) groups excluding carboxylic acids is 1. The lowest BCUT2D eigenvalue weighted by molar-refractivity contribution is -0.162. The summed E-state index contributed by atoms with van der Waals surface area (Å²) in [5.41, 5.74) is 0. The first kappa shape index (κ1) is 15.6. The molecule has 1 aromatic heterocycles. The molecule has 0 spiro atoms. The second-order valence-corrected chi connectivity index (χ2v) is 4.48. The van der Waals surface area contributed by atoms with Gasteiger partial charge in [0, 0.05) is 6.04 Å². The fourth-order valence-electron chi connectivity index (χ4n) is 1.44. The molecule has 108 valence electrons. The summed E-state index contributed by atoms with van der Waals surface area (Å²) >= 11 is 0. The summed E-state index contributed by atoms with van der Waals surface area (Å²) in [4.78, 5) is 12.5. The maximum atomic E-state index is 12.4. The van der Waals surface area contributed by atoms with Crippen LogP contribution in [0.5, 0.6) is 0 Å². The van der Waals surface area contributed by atoms with Gasteiger partial charge in [0.15, 0.2) is 0 Å². The standard InChI is InChI=1S/C12H17F3N2O2/c1-9(2)16-6-11(18)17(8-12(13,14)15)7-10-4-3-5-19-10/h3-5,9,16H,6-8H2,1-2H3. The number of nitrogens with one attached hydrogen (secondary N) is 1. The molecule has 1 amide bonds. The first-order valence-corrected chi connectivity index (χ1v) is 5.88. The summed E-state index contributed by atoms with van der Waals surface area (Å²) in [6.45, 7) is 2.02. The van der Waals surface area contributed by atoms with Crippen molar-refractivity contribution in [1.82, 2.24) is 10.2 Å². The summed E-state index contributed by atoms with van der Waals surface area (Å²) in [5.74, 6) is -0.287. The van der Waals surface area contributed by atoms with Crippen LogP contribution in [0, 0.1) is 0 Å². The molecular weight excluding hydrogens is 261 g/mol. The maximum absolute atomic E-state index is 12.4. The lowest BCUT2D eigenvalue weighted by Gasteiger charge is -2.23. The number of rotatable bonds is 6. The van der Waals surface area contributed by atoms with E-state index in [1.165, 1.54) is 12.3 Å². The summed E-state index contributed by atoms with van der Waals surface area (Å²) in [6.07, 6.45) is -3.07. The van der Waals surface area contributed by atoms with Crippen LogP contribution >= 0.6 is 0 Å². The molecule has 0 unspecified atom stereocenters. The highest BCUT2D eigenvalue weighted by Gasteiger charge is 2.33. The number of halogens is 3. The van der Waals surface area contributed by atoms with Gasteiger partial charge in [-0.3, -0.25) is 4.79 Å². The molecule has 7 heteroatoms. The van der Waals surface area contributed by atoms with E-state index in [2.05, 4.69) is 5.32 Å². The topological polar surface area (TPSA) is 45.5 Å². The summed E-state index contributed by atoms with van der Waals surface area (Å²) in [6, 6.07) is 3.13. The molecule has 0 aliphatic rings. The number of amides is 1. The van der Waals surface area contributed by atoms with Crippen LogP contribution < -0.4 is 5.32 Å². The Labute approximate surface area is 109 Å². The predicted octanol–water partition coefficient (Wildman–Crippen LogP) is 2.17. The second-order valence-electron chi connectivity index (χ2n) is 4.48. The molecule has 1 rings (SSSR count). The van der Waals surface area contributed by atoms with Crippen LogP contribution in [-0.4, -0.2) is 36.1 Å². The van der Waals surface area contributed by atoms with E-state index in [4.69, 9.17) is 4.42 Å². The minimum atomic E-state index is -4.43. The molecule has 1 heterocycles. The van der Waals surface area contributed by atoms with Crippen molar-refractivity contribution in [3.8, 4) is 0 Å². The summed E-state index contributed by atoms with van der Waals surface area (Å²) in [7, 11) is 0. The number of hydrogen-bond donors (Lipinski definition) is 1. The molecular formula is C12H17F3N2O2. The largest absolute Gasteiger partial charge is 0.467 e. The Morgan fingerprint density at radius 2 is 2.16 bits per heavy atom. The van der Waals surface area contributed by atoms with E-state index in [9.17, 15) is 18.0 Å². The number of carbonyl (C=O) groups is 1. The maximum Gasteiger partial charge on any atom is 0.406 e. The summed E-state index contributed by atoms with van der Waals surface area (Å²) < 4.78 is 42.3. The van der Waals surface area contributed by atoms with Crippen LogP contribution in [0.3, 0.4) is 0 Å². The highest BCUT2D eigenvalue weighted by Crippen LogP contribution is 2.18. The minimum Gasteiger partial charge on any atom is -0.467 e. The van der Waals surface area contributed by atoms with Gasteiger partial charge in [-0.25, -0.2) is 0 Å². The third kappa shape index (κ3) is 6.28. The van der Waals surface area contributed by atoms with Crippen molar-refractivity contribution in [3.63, 3.8) is 0 Å².